The first kappa shape index (κ1) is 16.7. The molecule has 0 spiro atoms. The van der Waals surface area contributed by atoms with Crippen LogP contribution >= 0.6 is 0 Å². The van der Waals surface area contributed by atoms with Crippen LogP contribution in [0.2, 0.25) is 0 Å². The molecule has 0 saturated carbocycles. The molecule has 0 radical (unpaired) electrons. The SMILES string of the molecule is CN[C@@H](CCCC[NH3+])C(=O)N[C@@H](C)Cc1ccccc1. The van der Waals surface area contributed by atoms with Crippen molar-refractivity contribution in [2.75, 3.05) is 13.6 Å². The summed E-state index contributed by atoms with van der Waals surface area (Å²) in [5.41, 5.74) is 5.08. The van der Waals surface area contributed by atoms with Crippen LogP contribution in [-0.2, 0) is 11.2 Å². The molecule has 20 heavy (non-hydrogen) atoms. The molecule has 1 aromatic rings. The van der Waals surface area contributed by atoms with Crippen LogP contribution in [0.25, 0.3) is 0 Å². The average molecular weight is 278 g/mol. The van der Waals surface area contributed by atoms with Crippen molar-refractivity contribution < 1.29 is 10.5 Å². The molecule has 112 valence electrons. The lowest BCUT2D eigenvalue weighted by Gasteiger charge is -2.20. The molecule has 0 bridgehead atoms. The van der Waals surface area contributed by atoms with Crippen LogP contribution in [-0.4, -0.2) is 31.6 Å². The molecule has 0 aliphatic rings. The monoisotopic (exact) mass is 278 g/mol. The first-order valence-corrected chi connectivity index (χ1v) is 7.48. The Morgan fingerprint density at radius 3 is 2.55 bits per heavy atom. The van der Waals surface area contributed by atoms with Gasteiger partial charge < -0.3 is 16.4 Å². The Morgan fingerprint density at radius 2 is 1.95 bits per heavy atom. The lowest BCUT2D eigenvalue weighted by molar-refractivity contribution is -0.368. The van der Waals surface area contributed by atoms with Gasteiger partial charge in [-0.2, -0.15) is 0 Å². The van der Waals surface area contributed by atoms with Gasteiger partial charge in [0, 0.05) is 6.04 Å². The van der Waals surface area contributed by atoms with Gasteiger partial charge in [0.25, 0.3) is 0 Å². The van der Waals surface area contributed by atoms with Crippen LogP contribution in [0.3, 0.4) is 0 Å². The van der Waals surface area contributed by atoms with E-state index in [-0.39, 0.29) is 18.0 Å². The minimum Gasteiger partial charge on any atom is -0.358 e. The minimum atomic E-state index is -0.0974. The summed E-state index contributed by atoms with van der Waals surface area (Å²) in [5.74, 6) is 0.0972. The number of nitrogens with one attached hydrogen (secondary N) is 2. The van der Waals surface area contributed by atoms with Gasteiger partial charge in [0.1, 0.15) is 0 Å². The van der Waals surface area contributed by atoms with Crippen molar-refractivity contribution in [3.05, 3.63) is 35.9 Å². The van der Waals surface area contributed by atoms with Gasteiger partial charge >= 0.3 is 0 Å². The molecule has 1 aromatic carbocycles. The summed E-state index contributed by atoms with van der Waals surface area (Å²) in [6.07, 6.45) is 3.85. The first-order chi connectivity index (χ1) is 9.67. The number of hydrogen-bond acceptors (Lipinski definition) is 2. The fraction of sp³-hybridized carbons (Fsp3) is 0.562. The molecule has 0 unspecified atom stereocenters. The quantitative estimate of drug-likeness (QED) is 0.583. The highest BCUT2D eigenvalue weighted by Gasteiger charge is 2.17. The van der Waals surface area contributed by atoms with Crippen molar-refractivity contribution in [3.63, 3.8) is 0 Å². The highest BCUT2D eigenvalue weighted by Crippen LogP contribution is 2.04. The van der Waals surface area contributed by atoms with Gasteiger partial charge in [-0.3, -0.25) is 4.79 Å². The molecule has 4 nitrogen and oxygen atoms in total. The molecule has 1 amide bonds. The summed E-state index contributed by atoms with van der Waals surface area (Å²) in [4.78, 5) is 12.2. The molecule has 2 atom stereocenters. The topological polar surface area (TPSA) is 68.8 Å². The van der Waals surface area contributed by atoms with Crippen LogP contribution in [0.15, 0.2) is 30.3 Å². The van der Waals surface area contributed by atoms with E-state index in [4.69, 9.17) is 0 Å². The van der Waals surface area contributed by atoms with Crippen LogP contribution in [0.4, 0.5) is 0 Å². The normalized spacial score (nSPS) is 13.8. The van der Waals surface area contributed by atoms with Crippen molar-refractivity contribution in [2.24, 2.45) is 0 Å². The summed E-state index contributed by atoms with van der Waals surface area (Å²) >= 11 is 0. The van der Waals surface area contributed by atoms with Crippen molar-refractivity contribution in [2.45, 2.75) is 44.7 Å². The molecule has 0 aromatic heterocycles. The zero-order valence-corrected chi connectivity index (χ0v) is 12.7. The molecule has 0 aliphatic carbocycles. The van der Waals surface area contributed by atoms with Crippen LogP contribution < -0.4 is 16.4 Å². The van der Waals surface area contributed by atoms with Crippen molar-refractivity contribution in [1.29, 1.82) is 0 Å². The van der Waals surface area contributed by atoms with E-state index in [1.807, 2.05) is 32.2 Å². The summed E-state index contributed by atoms with van der Waals surface area (Å²) in [7, 11) is 1.84. The Balaban J connectivity index is 2.39. The number of likely N-dealkylation sites (N-methyl/N-ethyl adjacent to an activating group) is 1. The van der Waals surface area contributed by atoms with Crippen LogP contribution in [0.1, 0.15) is 31.7 Å². The number of quaternary nitrogens is 1. The number of benzene rings is 1. The fourth-order valence-corrected chi connectivity index (χ4v) is 2.29. The molecule has 0 aliphatic heterocycles. The van der Waals surface area contributed by atoms with E-state index in [0.29, 0.717) is 0 Å². The third-order valence-electron chi connectivity index (χ3n) is 3.43. The minimum absolute atomic E-state index is 0.0972. The number of unbranched alkanes of at least 4 members (excludes halogenated alkanes) is 1. The number of amides is 1. The summed E-state index contributed by atoms with van der Waals surface area (Å²) in [6.45, 7) is 2.98. The smallest absolute Gasteiger partial charge is 0.237 e. The fourth-order valence-electron chi connectivity index (χ4n) is 2.29. The standard InChI is InChI=1S/C16H27N3O/c1-13(12-14-8-4-3-5-9-14)19-16(20)15(18-2)10-6-7-11-17/h3-5,8-9,13,15,18H,6-7,10-12,17H2,1-2H3,(H,19,20)/p+1/t13-,15-/m0/s1. The molecule has 1 rings (SSSR count). The predicted molar refractivity (Wildman–Crippen MR) is 82.2 cm³/mol. The molecule has 5 N–H and O–H groups in total. The zero-order valence-electron chi connectivity index (χ0n) is 12.7. The van der Waals surface area contributed by atoms with Gasteiger partial charge in [0.2, 0.25) is 5.91 Å². The lowest BCUT2D eigenvalue weighted by atomic mass is 10.1. The number of carbonyl (C=O) groups excluding carboxylic acids is 1. The summed E-state index contributed by atoms with van der Waals surface area (Å²) < 4.78 is 0. The Hall–Kier alpha value is -1.39. The van der Waals surface area contributed by atoms with Gasteiger partial charge in [0.15, 0.2) is 0 Å². The van der Waals surface area contributed by atoms with Crippen LogP contribution in [0.5, 0.6) is 0 Å². The molecule has 0 heterocycles. The maximum atomic E-state index is 12.2. The molecule has 4 heteroatoms. The van der Waals surface area contributed by atoms with Crippen LogP contribution in [0, 0.1) is 0 Å². The Bertz CT molecular complexity index is 381. The highest BCUT2D eigenvalue weighted by molar-refractivity contribution is 5.81. The van der Waals surface area contributed by atoms with Gasteiger partial charge in [-0.1, -0.05) is 30.3 Å². The van der Waals surface area contributed by atoms with Gasteiger partial charge in [-0.15, -0.1) is 0 Å². The van der Waals surface area contributed by atoms with E-state index < -0.39 is 0 Å². The average Bonchev–Trinajstić information content (AvgIpc) is 2.44. The zero-order chi connectivity index (χ0) is 14.8. The third kappa shape index (κ3) is 6.17. The number of rotatable bonds is 9. The Morgan fingerprint density at radius 1 is 1.25 bits per heavy atom. The summed E-state index contributed by atoms with van der Waals surface area (Å²) in [5, 5.41) is 6.19. The second-order valence-corrected chi connectivity index (χ2v) is 5.29. The van der Waals surface area contributed by atoms with E-state index in [1.165, 1.54) is 5.56 Å². The van der Waals surface area contributed by atoms with E-state index in [1.54, 1.807) is 0 Å². The maximum Gasteiger partial charge on any atom is 0.237 e. The molecule has 0 saturated heterocycles. The van der Waals surface area contributed by atoms with Crippen molar-refractivity contribution in [3.8, 4) is 0 Å². The maximum absolute atomic E-state index is 12.2. The second kappa shape index (κ2) is 9.50. The van der Waals surface area contributed by atoms with Gasteiger partial charge in [-0.25, -0.2) is 0 Å². The second-order valence-electron chi connectivity index (χ2n) is 5.29. The largest absolute Gasteiger partial charge is 0.358 e. The molecule has 0 fully saturated rings. The van der Waals surface area contributed by atoms with E-state index >= 15 is 0 Å². The Labute approximate surface area is 122 Å². The van der Waals surface area contributed by atoms with Crippen molar-refractivity contribution >= 4 is 5.91 Å². The van der Waals surface area contributed by atoms with E-state index in [2.05, 4.69) is 28.5 Å². The number of hydrogen-bond donors (Lipinski definition) is 3. The number of carbonyl (C=O) groups is 1. The van der Waals surface area contributed by atoms with Gasteiger partial charge in [0.05, 0.1) is 12.6 Å². The Kier molecular flexibility index (Phi) is 7.92. The summed E-state index contributed by atoms with van der Waals surface area (Å²) in [6, 6.07) is 10.3. The first-order valence-electron chi connectivity index (χ1n) is 7.48. The van der Waals surface area contributed by atoms with Gasteiger partial charge in [-0.05, 0) is 45.2 Å². The predicted octanol–water partition coefficient (Wildman–Crippen LogP) is 0.734. The third-order valence-corrected chi connectivity index (χ3v) is 3.43. The van der Waals surface area contributed by atoms with Crippen molar-refractivity contribution in [1.82, 2.24) is 10.6 Å². The lowest BCUT2D eigenvalue weighted by Crippen LogP contribution is -2.50. The molecular formula is C16H28N3O+. The van der Waals surface area contributed by atoms with E-state index in [9.17, 15) is 4.79 Å². The molecular weight excluding hydrogens is 250 g/mol. The highest BCUT2D eigenvalue weighted by atomic mass is 16.2. The van der Waals surface area contributed by atoms with E-state index in [0.717, 1.165) is 32.2 Å².